The van der Waals surface area contributed by atoms with Gasteiger partial charge in [0, 0.05) is 46.3 Å². The maximum absolute atomic E-state index is 15.4. The first kappa shape index (κ1) is 30.3. The van der Waals surface area contributed by atoms with E-state index in [1.165, 1.54) is 17.5 Å². The van der Waals surface area contributed by atoms with Gasteiger partial charge in [-0.25, -0.2) is 8.78 Å². The van der Waals surface area contributed by atoms with Crippen LogP contribution in [0.2, 0.25) is 0 Å². The summed E-state index contributed by atoms with van der Waals surface area (Å²) in [7, 11) is 0. The molecular weight excluding hydrogens is 637 g/mol. The van der Waals surface area contributed by atoms with Gasteiger partial charge < -0.3 is 14.4 Å². The molecule has 1 atom stereocenters. The van der Waals surface area contributed by atoms with Gasteiger partial charge >= 0.3 is 0 Å². The van der Waals surface area contributed by atoms with Gasteiger partial charge in [-0.2, -0.15) is 0 Å². The summed E-state index contributed by atoms with van der Waals surface area (Å²) in [6.45, 7) is 7.38. The highest BCUT2D eigenvalue weighted by Crippen LogP contribution is 2.58. The van der Waals surface area contributed by atoms with Crippen LogP contribution in [0, 0.1) is 11.6 Å². The van der Waals surface area contributed by atoms with Gasteiger partial charge in [0.2, 0.25) is 0 Å². The molecule has 1 unspecified atom stereocenters. The summed E-state index contributed by atoms with van der Waals surface area (Å²) in [5.41, 5.74) is 6.39. The van der Waals surface area contributed by atoms with Crippen LogP contribution in [0.4, 0.5) is 14.5 Å². The van der Waals surface area contributed by atoms with Crippen molar-refractivity contribution in [2.75, 3.05) is 31.2 Å². The first-order valence-electron chi connectivity index (χ1n) is 17.7. The second kappa shape index (κ2) is 11.0. The molecule has 10 rings (SSSR count). The molecule has 1 fully saturated rings. The second-order valence-corrected chi connectivity index (χ2v) is 14.5. The highest BCUT2D eigenvalue weighted by molar-refractivity contribution is 6.11. The van der Waals surface area contributed by atoms with Crippen LogP contribution in [0.15, 0.2) is 121 Å². The van der Waals surface area contributed by atoms with Gasteiger partial charge in [0.05, 0.1) is 13.2 Å². The number of benzene rings is 7. The van der Waals surface area contributed by atoms with Gasteiger partial charge in [-0.15, -0.1) is 0 Å². The van der Waals surface area contributed by atoms with E-state index in [-0.39, 0.29) is 11.6 Å². The van der Waals surface area contributed by atoms with Crippen LogP contribution in [0.1, 0.15) is 41.7 Å². The lowest BCUT2D eigenvalue weighted by Gasteiger charge is -2.39. The number of ether oxygens (including phenoxy) is 2. The molecular formula is C46H35F2NO2. The van der Waals surface area contributed by atoms with Gasteiger partial charge in [-0.1, -0.05) is 92.7 Å². The zero-order chi connectivity index (χ0) is 34.5. The van der Waals surface area contributed by atoms with E-state index in [2.05, 4.69) is 110 Å². The molecule has 2 heterocycles. The van der Waals surface area contributed by atoms with Crippen molar-refractivity contribution in [3.8, 4) is 16.9 Å². The molecule has 0 N–H and O–H groups in total. The molecule has 5 heteroatoms. The normalized spacial score (nSPS) is 18.9. The average molecular weight is 672 g/mol. The number of hydrogen-bond acceptors (Lipinski definition) is 3. The molecule has 3 aliphatic rings. The van der Waals surface area contributed by atoms with E-state index in [1.54, 1.807) is 12.1 Å². The van der Waals surface area contributed by atoms with E-state index in [1.807, 2.05) is 12.1 Å². The highest BCUT2D eigenvalue weighted by Gasteiger charge is 2.45. The highest BCUT2D eigenvalue weighted by atomic mass is 19.1. The molecule has 0 spiro atoms. The predicted molar refractivity (Wildman–Crippen MR) is 203 cm³/mol. The number of rotatable bonds is 3. The summed E-state index contributed by atoms with van der Waals surface area (Å²) < 4.78 is 43.4. The number of morpholine rings is 1. The summed E-state index contributed by atoms with van der Waals surface area (Å²) in [6.07, 6.45) is 4.35. The Balaban J connectivity index is 1.27. The van der Waals surface area contributed by atoms with Crippen molar-refractivity contribution in [2.45, 2.75) is 24.9 Å². The van der Waals surface area contributed by atoms with Crippen LogP contribution in [0.25, 0.3) is 49.5 Å². The summed E-state index contributed by atoms with van der Waals surface area (Å²) in [5, 5.41) is 6.09. The Hall–Kier alpha value is -5.52. The third-order valence-electron chi connectivity index (χ3n) is 11.4. The molecule has 2 aliphatic heterocycles. The number of anilines is 1. The Morgan fingerprint density at radius 2 is 1.35 bits per heavy atom. The maximum atomic E-state index is 15.4. The monoisotopic (exact) mass is 671 g/mol. The van der Waals surface area contributed by atoms with E-state index in [4.69, 9.17) is 9.47 Å². The number of halogens is 2. The van der Waals surface area contributed by atoms with Crippen molar-refractivity contribution in [2.24, 2.45) is 0 Å². The van der Waals surface area contributed by atoms with Crippen LogP contribution in [0.5, 0.6) is 5.75 Å². The smallest absolute Gasteiger partial charge is 0.178 e. The molecule has 7 aromatic rings. The zero-order valence-electron chi connectivity index (χ0n) is 28.5. The topological polar surface area (TPSA) is 21.7 Å². The minimum Gasteiger partial charge on any atom is -0.472 e. The Bertz CT molecular complexity index is 2600. The summed E-state index contributed by atoms with van der Waals surface area (Å²) >= 11 is 0. The number of nitrogens with zero attached hydrogens (tertiary/aromatic N) is 1. The molecule has 0 bridgehead atoms. The molecule has 3 nitrogen and oxygen atoms in total. The van der Waals surface area contributed by atoms with Crippen LogP contribution < -0.4 is 9.64 Å². The standard InChI is InChI=1S/C46H35F2NO2/c1-45(2)40-27-31(48)14-18-37(40)42-36-17-13-30(47)26-39(36)44-38(43(42)45)19-20-46(51-44,29-11-15-32(16-12-29)49-21-23-50-24-22-49)41-25-28-7-3-4-8-33(28)34-9-5-6-10-35(34)41/h3-20,25-27H,21-24H2,1-2H3. The fourth-order valence-corrected chi connectivity index (χ4v) is 8.99. The van der Waals surface area contributed by atoms with Crippen molar-refractivity contribution in [3.05, 3.63) is 161 Å². The first-order valence-corrected chi connectivity index (χ1v) is 17.7. The molecule has 250 valence electrons. The van der Waals surface area contributed by atoms with Crippen molar-refractivity contribution in [3.63, 3.8) is 0 Å². The maximum Gasteiger partial charge on any atom is 0.178 e. The Morgan fingerprint density at radius 3 is 2.16 bits per heavy atom. The Labute approximate surface area is 295 Å². The van der Waals surface area contributed by atoms with Crippen LogP contribution >= 0.6 is 0 Å². The molecule has 0 aromatic heterocycles. The number of hydrogen-bond donors (Lipinski definition) is 0. The minimum absolute atomic E-state index is 0.270. The van der Waals surface area contributed by atoms with Crippen molar-refractivity contribution >= 4 is 44.1 Å². The first-order chi connectivity index (χ1) is 24.8. The lowest BCUT2D eigenvalue weighted by molar-refractivity contribution is 0.122. The predicted octanol–water partition coefficient (Wildman–Crippen LogP) is 10.9. The minimum atomic E-state index is -1.06. The van der Waals surface area contributed by atoms with Gasteiger partial charge in [-0.05, 0) is 97.7 Å². The fourth-order valence-electron chi connectivity index (χ4n) is 8.99. The van der Waals surface area contributed by atoms with Crippen molar-refractivity contribution in [1.29, 1.82) is 0 Å². The lowest BCUT2D eigenvalue weighted by Crippen LogP contribution is -2.37. The third kappa shape index (κ3) is 4.37. The molecule has 1 saturated heterocycles. The third-order valence-corrected chi connectivity index (χ3v) is 11.4. The van der Waals surface area contributed by atoms with E-state index >= 15 is 4.39 Å². The number of fused-ring (bicyclic) bond motifs is 11. The fraction of sp³-hybridized carbons (Fsp3) is 0.174. The van der Waals surface area contributed by atoms with E-state index in [0.717, 1.165) is 79.3 Å². The van der Waals surface area contributed by atoms with Gasteiger partial charge in [0.15, 0.2) is 5.60 Å². The Kier molecular flexibility index (Phi) is 6.53. The molecule has 7 aromatic carbocycles. The summed E-state index contributed by atoms with van der Waals surface area (Å²) in [6, 6.07) is 37.9. The average Bonchev–Trinajstić information content (AvgIpc) is 3.40. The van der Waals surface area contributed by atoms with Crippen LogP contribution in [-0.4, -0.2) is 26.3 Å². The van der Waals surface area contributed by atoms with Crippen molar-refractivity contribution in [1.82, 2.24) is 0 Å². The molecule has 0 saturated carbocycles. The van der Waals surface area contributed by atoms with Gasteiger partial charge in [0.1, 0.15) is 17.4 Å². The zero-order valence-corrected chi connectivity index (χ0v) is 28.5. The lowest BCUT2D eigenvalue weighted by atomic mass is 9.76. The van der Waals surface area contributed by atoms with Crippen LogP contribution in [-0.2, 0) is 15.8 Å². The SMILES string of the molecule is CC1(C)c2cc(F)ccc2-c2c1c1c(c3cc(F)ccc23)OC(c2ccc(N3CCOCC3)cc2)(c2cc3ccccc3c3ccccc23)C=C1. The van der Waals surface area contributed by atoms with E-state index < -0.39 is 11.0 Å². The molecule has 0 radical (unpaired) electrons. The van der Waals surface area contributed by atoms with Crippen LogP contribution in [0.3, 0.4) is 0 Å². The molecule has 0 amide bonds. The Morgan fingerprint density at radius 1 is 0.647 bits per heavy atom. The van der Waals surface area contributed by atoms with Crippen molar-refractivity contribution < 1.29 is 18.3 Å². The summed E-state index contributed by atoms with van der Waals surface area (Å²) in [4.78, 5) is 2.35. The molecule has 1 aliphatic carbocycles. The summed E-state index contributed by atoms with van der Waals surface area (Å²) in [5.74, 6) is 0.0194. The molecule has 51 heavy (non-hydrogen) atoms. The quantitative estimate of drug-likeness (QED) is 0.175. The van der Waals surface area contributed by atoms with E-state index in [0.29, 0.717) is 24.3 Å². The van der Waals surface area contributed by atoms with E-state index in [9.17, 15) is 4.39 Å². The largest absolute Gasteiger partial charge is 0.472 e. The van der Waals surface area contributed by atoms with Gasteiger partial charge in [0.25, 0.3) is 0 Å². The second-order valence-electron chi connectivity index (χ2n) is 14.5. The van der Waals surface area contributed by atoms with Gasteiger partial charge in [-0.3, -0.25) is 0 Å².